The Labute approximate surface area is 116 Å². The third-order valence-electron chi connectivity index (χ3n) is 3.10. The molecule has 0 bridgehead atoms. The number of ether oxygens (including phenoxy) is 1. The molecule has 1 saturated carbocycles. The van der Waals surface area contributed by atoms with E-state index in [1.807, 2.05) is 0 Å². The minimum absolute atomic E-state index is 0.00587. The van der Waals surface area contributed by atoms with Crippen LogP contribution in [0.3, 0.4) is 0 Å². The molecule has 1 aliphatic rings. The van der Waals surface area contributed by atoms with Crippen LogP contribution in [0.1, 0.15) is 30.1 Å². The Morgan fingerprint density at radius 2 is 2.05 bits per heavy atom. The number of para-hydroxylation sites is 1. The van der Waals surface area contributed by atoms with Crippen molar-refractivity contribution in [3.8, 4) is 11.5 Å². The first-order chi connectivity index (χ1) is 9.54. The van der Waals surface area contributed by atoms with Gasteiger partial charge < -0.3 is 19.8 Å². The first-order valence-electron chi connectivity index (χ1n) is 6.52. The number of carbonyl (C=O) groups excluding carboxylic acids is 2. The summed E-state index contributed by atoms with van der Waals surface area (Å²) in [5, 5.41) is 19.2. The van der Waals surface area contributed by atoms with E-state index in [1.54, 1.807) is 6.92 Å². The molecule has 2 rings (SSSR count). The lowest BCUT2D eigenvalue weighted by atomic mass is 10.1. The van der Waals surface area contributed by atoms with Crippen LogP contribution in [-0.2, 0) is 9.53 Å². The van der Waals surface area contributed by atoms with Crippen molar-refractivity contribution in [2.24, 2.45) is 0 Å². The predicted molar refractivity (Wildman–Crippen MR) is 70.5 cm³/mol. The van der Waals surface area contributed by atoms with Crippen molar-refractivity contribution < 1.29 is 24.5 Å². The second kappa shape index (κ2) is 5.81. The van der Waals surface area contributed by atoms with Gasteiger partial charge in [0.25, 0.3) is 5.91 Å². The fourth-order valence-corrected chi connectivity index (χ4v) is 1.96. The van der Waals surface area contributed by atoms with Crippen molar-refractivity contribution in [2.45, 2.75) is 25.8 Å². The molecule has 0 aliphatic heterocycles. The van der Waals surface area contributed by atoms with Crippen LogP contribution >= 0.6 is 0 Å². The quantitative estimate of drug-likeness (QED) is 0.626. The average molecular weight is 279 g/mol. The summed E-state index contributed by atoms with van der Waals surface area (Å²) in [6.07, 6.45) is 1.65. The van der Waals surface area contributed by atoms with Crippen molar-refractivity contribution in [3.63, 3.8) is 0 Å². The molecular formula is C14H17NO5. The Kier molecular flexibility index (Phi) is 4.12. The van der Waals surface area contributed by atoms with E-state index < -0.39 is 17.6 Å². The van der Waals surface area contributed by atoms with E-state index in [0.29, 0.717) is 0 Å². The van der Waals surface area contributed by atoms with Crippen LogP contribution in [-0.4, -0.2) is 46.2 Å². The monoisotopic (exact) mass is 279 g/mol. The van der Waals surface area contributed by atoms with Crippen LogP contribution in [0.15, 0.2) is 18.2 Å². The number of esters is 1. The molecule has 20 heavy (non-hydrogen) atoms. The maximum absolute atomic E-state index is 12.4. The van der Waals surface area contributed by atoms with Crippen LogP contribution in [0, 0.1) is 0 Å². The number of phenolic OH excluding ortho intramolecular Hbond substituents is 2. The number of carbonyl (C=O) groups is 2. The zero-order valence-electron chi connectivity index (χ0n) is 11.2. The zero-order valence-corrected chi connectivity index (χ0v) is 11.2. The summed E-state index contributed by atoms with van der Waals surface area (Å²) < 4.78 is 4.85. The maximum atomic E-state index is 12.4. The number of aromatic hydroxyl groups is 2. The molecule has 0 unspecified atom stereocenters. The van der Waals surface area contributed by atoms with Gasteiger partial charge in [0, 0.05) is 6.04 Å². The summed E-state index contributed by atoms with van der Waals surface area (Å²) in [6.45, 7) is 1.80. The Balaban J connectivity index is 2.19. The second-order valence-electron chi connectivity index (χ2n) is 4.64. The number of rotatable bonds is 5. The molecule has 6 heteroatoms. The SMILES string of the molecule is CCOC(=O)CN(C(=O)c1cccc(O)c1O)C1CC1. The Morgan fingerprint density at radius 1 is 1.35 bits per heavy atom. The average Bonchev–Trinajstić information content (AvgIpc) is 3.23. The standard InChI is InChI=1S/C14H17NO5/c1-2-20-12(17)8-15(9-6-7-9)14(19)10-4-3-5-11(16)13(10)18/h3-5,9,16,18H,2,6-8H2,1H3. The van der Waals surface area contributed by atoms with Crippen LogP contribution < -0.4 is 0 Å². The van der Waals surface area contributed by atoms with E-state index in [1.165, 1.54) is 23.1 Å². The molecule has 1 aliphatic carbocycles. The highest BCUT2D eigenvalue weighted by molar-refractivity contribution is 5.99. The molecule has 0 saturated heterocycles. The van der Waals surface area contributed by atoms with Crippen LogP contribution in [0.4, 0.5) is 0 Å². The molecule has 6 nitrogen and oxygen atoms in total. The van der Waals surface area contributed by atoms with Gasteiger partial charge in [-0.3, -0.25) is 9.59 Å². The topological polar surface area (TPSA) is 87.1 Å². The summed E-state index contributed by atoms with van der Waals surface area (Å²) in [5.74, 6) is -1.78. The van der Waals surface area contributed by atoms with Gasteiger partial charge in [-0.15, -0.1) is 0 Å². The smallest absolute Gasteiger partial charge is 0.325 e. The molecular weight excluding hydrogens is 262 g/mol. The third kappa shape index (κ3) is 3.01. The lowest BCUT2D eigenvalue weighted by molar-refractivity contribution is -0.144. The molecule has 0 atom stereocenters. The molecule has 0 radical (unpaired) electrons. The van der Waals surface area contributed by atoms with Crippen molar-refractivity contribution >= 4 is 11.9 Å². The first kappa shape index (κ1) is 14.2. The van der Waals surface area contributed by atoms with Gasteiger partial charge in [-0.25, -0.2) is 0 Å². The normalized spacial score (nSPS) is 13.8. The van der Waals surface area contributed by atoms with Gasteiger partial charge in [0.05, 0.1) is 12.2 Å². The number of nitrogens with zero attached hydrogens (tertiary/aromatic N) is 1. The van der Waals surface area contributed by atoms with Crippen LogP contribution in [0.25, 0.3) is 0 Å². The molecule has 2 N–H and O–H groups in total. The van der Waals surface area contributed by atoms with Gasteiger partial charge in [0.1, 0.15) is 6.54 Å². The molecule has 0 aromatic heterocycles. The summed E-state index contributed by atoms with van der Waals surface area (Å²) in [5.41, 5.74) is -0.0128. The van der Waals surface area contributed by atoms with Crippen molar-refractivity contribution in [1.82, 2.24) is 4.90 Å². The van der Waals surface area contributed by atoms with Crippen molar-refractivity contribution in [2.75, 3.05) is 13.2 Å². The molecule has 0 heterocycles. The van der Waals surface area contributed by atoms with Gasteiger partial charge in [-0.1, -0.05) is 6.07 Å². The minimum Gasteiger partial charge on any atom is -0.504 e. The van der Waals surface area contributed by atoms with Gasteiger partial charge in [0.15, 0.2) is 11.5 Å². The van der Waals surface area contributed by atoms with E-state index in [-0.39, 0.29) is 30.5 Å². The maximum Gasteiger partial charge on any atom is 0.325 e. The van der Waals surface area contributed by atoms with Gasteiger partial charge in [-0.2, -0.15) is 0 Å². The van der Waals surface area contributed by atoms with Crippen molar-refractivity contribution in [3.05, 3.63) is 23.8 Å². The summed E-state index contributed by atoms with van der Waals surface area (Å²) in [6, 6.07) is 4.17. The highest BCUT2D eigenvalue weighted by Gasteiger charge is 2.35. The largest absolute Gasteiger partial charge is 0.504 e. The van der Waals surface area contributed by atoms with E-state index >= 15 is 0 Å². The first-order valence-corrected chi connectivity index (χ1v) is 6.52. The minimum atomic E-state index is -0.479. The van der Waals surface area contributed by atoms with E-state index in [0.717, 1.165) is 12.8 Å². The lowest BCUT2D eigenvalue weighted by Gasteiger charge is -2.21. The van der Waals surface area contributed by atoms with Crippen LogP contribution in [0.2, 0.25) is 0 Å². The fraction of sp³-hybridized carbons (Fsp3) is 0.429. The number of hydrogen-bond acceptors (Lipinski definition) is 5. The molecule has 1 amide bonds. The zero-order chi connectivity index (χ0) is 14.7. The Bertz CT molecular complexity index is 524. The summed E-state index contributed by atoms with van der Waals surface area (Å²) >= 11 is 0. The second-order valence-corrected chi connectivity index (χ2v) is 4.64. The molecule has 1 aromatic rings. The van der Waals surface area contributed by atoms with Gasteiger partial charge >= 0.3 is 5.97 Å². The molecule has 0 spiro atoms. The number of amides is 1. The highest BCUT2D eigenvalue weighted by atomic mass is 16.5. The van der Waals surface area contributed by atoms with E-state index in [2.05, 4.69) is 0 Å². The fourth-order valence-electron chi connectivity index (χ4n) is 1.96. The summed E-state index contributed by atoms with van der Waals surface area (Å²) in [4.78, 5) is 25.3. The third-order valence-corrected chi connectivity index (χ3v) is 3.10. The molecule has 108 valence electrons. The number of phenols is 2. The Morgan fingerprint density at radius 3 is 2.65 bits per heavy atom. The number of hydrogen-bond donors (Lipinski definition) is 2. The van der Waals surface area contributed by atoms with Crippen LogP contribution in [0.5, 0.6) is 11.5 Å². The lowest BCUT2D eigenvalue weighted by Crippen LogP contribution is -2.38. The predicted octanol–water partition coefficient (Wildman–Crippen LogP) is 1.27. The van der Waals surface area contributed by atoms with Crippen molar-refractivity contribution in [1.29, 1.82) is 0 Å². The van der Waals surface area contributed by atoms with Gasteiger partial charge in [0.2, 0.25) is 0 Å². The molecule has 1 fully saturated rings. The number of benzene rings is 1. The summed E-state index contributed by atoms with van der Waals surface area (Å²) in [7, 11) is 0. The molecule has 1 aromatic carbocycles. The highest BCUT2D eigenvalue weighted by Crippen LogP contribution is 2.33. The van der Waals surface area contributed by atoms with E-state index in [9.17, 15) is 19.8 Å². The Hall–Kier alpha value is -2.24. The van der Waals surface area contributed by atoms with Gasteiger partial charge in [-0.05, 0) is 31.9 Å². The van der Waals surface area contributed by atoms with E-state index in [4.69, 9.17) is 4.74 Å².